The largest absolute Gasteiger partial charge is 0.0610 e. The van der Waals surface area contributed by atoms with E-state index in [2.05, 4.69) is 92.5 Å². The van der Waals surface area contributed by atoms with E-state index < -0.39 is 0 Å². The monoisotopic (exact) mass is 432 g/mol. The lowest BCUT2D eigenvalue weighted by Gasteiger charge is -2.08. The highest BCUT2D eigenvalue weighted by Crippen LogP contribution is 2.45. The second kappa shape index (κ2) is 4.38. The van der Waals surface area contributed by atoms with Crippen LogP contribution in [0, 0.1) is 0 Å². The maximum Gasteiger partial charge on any atom is 0.0260 e. The zero-order valence-corrected chi connectivity index (χ0v) is 15.7. The molecule has 2 heteroatoms. The molecule has 0 atom stereocenters. The summed E-state index contributed by atoms with van der Waals surface area (Å²) in [5, 5.41) is 13.3. The molecule has 0 N–H and O–H groups in total. The molecule has 0 aliphatic heterocycles. The Morgan fingerprint density at radius 1 is 0.458 bits per heavy atom. The van der Waals surface area contributed by atoms with Crippen molar-refractivity contribution in [3.63, 3.8) is 0 Å². The van der Waals surface area contributed by atoms with Gasteiger partial charge in [-0.25, -0.2) is 0 Å². The quantitative estimate of drug-likeness (QED) is 0.214. The Kier molecular flexibility index (Phi) is 2.45. The van der Waals surface area contributed by atoms with E-state index >= 15 is 0 Å². The summed E-state index contributed by atoms with van der Waals surface area (Å²) in [6.45, 7) is 0. The van der Waals surface area contributed by atoms with Gasteiger partial charge in [0.05, 0.1) is 0 Å². The van der Waals surface area contributed by atoms with E-state index in [1.165, 1.54) is 62.8 Å². The average molecular weight is 434 g/mol. The van der Waals surface area contributed by atoms with Crippen molar-refractivity contribution in [1.29, 1.82) is 0 Å². The van der Waals surface area contributed by atoms with Gasteiger partial charge >= 0.3 is 0 Å². The lowest BCUT2D eigenvalue weighted by Crippen LogP contribution is -1.80. The van der Waals surface area contributed by atoms with Gasteiger partial charge in [-0.3, -0.25) is 0 Å². The van der Waals surface area contributed by atoms with Gasteiger partial charge in [-0.1, -0.05) is 68.3 Å². The highest BCUT2D eigenvalue weighted by Gasteiger charge is 2.16. The van der Waals surface area contributed by atoms with Crippen LogP contribution in [0.1, 0.15) is 0 Å². The molecule has 112 valence electrons. The standard InChI is InChI=1S/C22H10Br2/c23-19-9-17-16-8-12-4-2-6-14-20(24)10-18(22(12)14)15(16)7-11-3-1-5-13(19)21(11)17/h1-10H. The molecule has 0 aromatic heterocycles. The van der Waals surface area contributed by atoms with Crippen LogP contribution in [0.4, 0.5) is 0 Å². The topological polar surface area (TPSA) is 0 Å². The molecular formula is C22H10Br2. The second-order valence-electron chi connectivity index (χ2n) is 6.47. The van der Waals surface area contributed by atoms with Crippen LogP contribution < -0.4 is 0 Å². The SMILES string of the molecule is Brc1cc2c3cc4cccc5c(Br)cc(c3cc3cccc1c32)c45. The summed E-state index contributed by atoms with van der Waals surface area (Å²) in [5.74, 6) is 0. The molecule has 6 aromatic carbocycles. The summed E-state index contributed by atoms with van der Waals surface area (Å²) < 4.78 is 2.36. The number of hydrogen-bond acceptors (Lipinski definition) is 0. The van der Waals surface area contributed by atoms with Crippen LogP contribution in [-0.2, 0) is 0 Å². The van der Waals surface area contributed by atoms with Crippen LogP contribution in [0.5, 0.6) is 0 Å². The van der Waals surface area contributed by atoms with Gasteiger partial charge in [0.1, 0.15) is 0 Å². The summed E-state index contributed by atoms with van der Waals surface area (Å²) in [5.41, 5.74) is 0. The Morgan fingerprint density at radius 3 is 1.38 bits per heavy atom. The molecule has 0 unspecified atom stereocenters. The minimum absolute atomic E-state index is 1.18. The Bertz CT molecular complexity index is 1300. The number of halogens is 2. The fourth-order valence-corrected chi connectivity index (χ4v) is 5.39. The third-order valence-corrected chi connectivity index (χ3v) is 6.57. The number of rotatable bonds is 0. The van der Waals surface area contributed by atoms with Gasteiger partial charge in [0.25, 0.3) is 0 Å². The van der Waals surface area contributed by atoms with Crippen molar-refractivity contribution in [1.82, 2.24) is 0 Å². The number of hydrogen-bond donors (Lipinski definition) is 0. The molecular weight excluding hydrogens is 424 g/mol. The first-order chi connectivity index (χ1) is 11.7. The molecule has 0 fully saturated rings. The summed E-state index contributed by atoms with van der Waals surface area (Å²) in [6, 6.07) is 22.4. The van der Waals surface area contributed by atoms with Crippen molar-refractivity contribution < 1.29 is 0 Å². The Labute approximate surface area is 155 Å². The maximum absolute atomic E-state index is 3.74. The molecule has 6 aromatic rings. The summed E-state index contributed by atoms with van der Waals surface area (Å²) in [6.07, 6.45) is 0. The Morgan fingerprint density at radius 2 is 0.917 bits per heavy atom. The number of fused-ring (bicyclic) bond motifs is 3. The molecule has 0 bridgehead atoms. The van der Waals surface area contributed by atoms with Gasteiger partial charge in [-0.2, -0.15) is 0 Å². The van der Waals surface area contributed by atoms with E-state index in [0.717, 1.165) is 0 Å². The zero-order chi connectivity index (χ0) is 16.0. The molecule has 0 spiro atoms. The van der Waals surface area contributed by atoms with Crippen molar-refractivity contribution >= 4 is 85.7 Å². The van der Waals surface area contributed by atoms with E-state index in [0.29, 0.717) is 0 Å². The van der Waals surface area contributed by atoms with E-state index in [1.54, 1.807) is 0 Å². The highest BCUT2D eigenvalue weighted by atomic mass is 79.9. The smallest absolute Gasteiger partial charge is 0.0260 e. The van der Waals surface area contributed by atoms with Crippen LogP contribution in [0.15, 0.2) is 69.6 Å². The minimum Gasteiger partial charge on any atom is -0.0610 e. The van der Waals surface area contributed by atoms with Crippen molar-refractivity contribution in [2.45, 2.75) is 0 Å². The van der Waals surface area contributed by atoms with E-state index in [9.17, 15) is 0 Å². The van der Waals surface area contributed by atoms with Crippen LogP contribution in [0.3, 0.4) is 0 Å². The maximum atomic E-state index is 3.74. The molecule has 0 nitrogen and oxygen atoms in total. The van der Waals surface area contributed by atoms with Crippen LogP contribution in [-0.4, -0.2) is 0 Å². The van der Waals surface area contributed by atoms with Crippen molar-refractivity contribution in [2.75, 3.05) is 0 Å². The molecule has 24 heavy (non-hydrogen) atoms. The van der Waals surface area contributed by atoms with Gasteiger partial charge in [0.2, 0.25) is 0 Å². The second-order valence-corrected chi connectivity index (χ2v) is 8.18. The van der Waals surface area contributed by atoms with Crippen molar-refractivity contribution in [3.8, 4) is 0 Å². The predicted molar refractivity (Wildman–Crippen MR) is 112 cm³/mol. The van der Waals surface area contributed by atoms with Gasteiger partial charge in [-0.15, -0.1) is 0 Å². The third-order valence-electron chi connectivity index (χ3n) is 5.26. The van der Waals surface area contributed by atoms with Gasteiger partial charge in [-0.05, 0) is 78.1 Å². The van der Waals surface area contributed by atoms with Gasteiger partial charge in [0, 0.05) is 8.95 Å². The van der Waals surface area contributed by atoms with Crippen molar-refractivity contribution in [3.05, 3.63) is 69.6 Å². The van der Waals surface area contributed by atoms with E-state index in [-0.39, 0.29) is 0 Å². The molecule has 0 aliphatic rings. The fraction of sp³-hybridized carbons (Fsp3) is 0. The average Bonchev–Trinajstić information content (AvgIpc) is 3.11. The van der Waals surface area contributed by atoms with Crippen LogP contribution in [0.2, 0.25) is 0 Å². The normalized spacial score (nSPS) is 12.6. The van der Waals surface area contributed by atoms with Crippen LogP contribution >= 0.6 is 31.9 Å². The summed E-state index contributed by atoms with van der Waals surface area (Å²) >= 11 is 7.49. The number of benzene rings is 4. The lowest BCUT2D eigenvalue weighted by atomic mass is 9.95. The molecule has 0 saturated heterocycles. The predicted octanol–water partition coefficient (Wildman–Crippen LogP) is 7.85. The van der Waals surface area contributed by atoms with Gasteiger partial charge in [0.15, 0.2) is 0 Å². The summed E-state index contributed by atoms with van der Waals surface area (Å²) in [4.78, 5) is 0. The molecule has 0 saturated carbocycles. The molecule has 6 rings (SSSR count). The lowest BCUT2D eigenvalue weighted by molar-refractivity contribution is 1.86. The molecule has 0 radical (unpaired) electrons. The highest BCUT2D eigenvalue weighted by molar-refractivity contribution is 9.11. The summed E-state index contributed by atoms with van der Waals surface area (Å²) in [7, 11) is 0. The third kappa shape index (κ3) is 1.49. The molecule has 0 heterocycles. The molecule has 0 aliphatic carbocycles. The van der Waals surface area contributed by atoms with E-state index in [1.807, 2.05) is 0 Å². The molecule has 0 amide bonds. The zero-order valence-electron chi connectivity index (χ0n) is 12.5. The first-order valence-electron chi connectivity index (χ1n) is 7.93. The fourth-order valence-electron chi connectivity index (χ4n) is 4.27. The Balaban J connectivity index is 2.02. The van der Waals surface area contributed by atoms with E-state index in [4.69, 9.17) is 0 Å². The first kappa shape index (κ1) is 13.4. The van der Waals surface area contributed by atoms with Crippen LogP contribution in [0.25, 0.3) is 53.9 Å². The van der Waals surface area contributed by atoms with Gasteiger partial charge < -0.3 is 0 Å². The Hall–Kier alpha value is -1.90. The van der Waals surface area contributed by atoms with Crippen molar-refractivity contribution in [2.24, 2.45) is 0 Å². The minimum atomic E-state index is 1.18. The first-order valence-corrected chi connectivity index (χ1v) is 9.51.